The van der Waals surface area contributed by atoms with Crippen LogP contribution in [0.3, 0.4) is 0 Å². The molecule has 4 N–H and O–H groups in total. The van der Waals surface area contributed by atoms with Gasteiger partial charge in [-0.25, -0.2) is 4.99 Å². The molecular weight excluding hydrogens is 374 g/mol. The molecule has 0 saturated heterocycles. The Labute approximate surface area is 171 Å². The lowest BCUT2D eigenvalue weighted by Gasteiger charge is -2.53. The monoisotopic (exact) mass is 407 g/mol. The minimum Gasteiger partial charge on any atom is -0.370 e. The van der Waals surface area contributed by atoms with Gasteiger partial charge in [0.1, 0.15) is 0 Å². The van der Waals surface area contributed by atoms with E-state index in [2.05, 4.69) is 18.8 Å². The lowest BCUT2D eigenvalue weighted by molar-refractivity contribution is -0.120. The summed E-state index contributed by atoms with van der Waals surface area (Å²) in [7, 11) is 3.88. The van der Waals surface area contributed by atoms with E-state index in [0.717, 1.165) is 43.1 Å². The van der Waals surface area contributed by atoms with Crippen molar-refractivity contribution in [1.82, 2.24) is 0 Å². The SMILES string of the molecule is C[C@@H]1CC[C@@H]2CC3=C4CCC[C@H](N=C(N)N)CSSCC[C@]2(C)[C@]31CC4=O. The maximum Gasteiger partial charge on any atom is 0.186 e. The van der Waals surface area contributed by atoms with E-state index < -0.39 is 0 Å². The van der Waals surface area contributed by atoms with Crippen LogP contribution < -0.4 is 11.5 Å². The van der Waals surface area contributed by atoms with Gasteiger partial charge in [0.05, 0.1) is 6.04 Å². The third kappa shape index (κ3) is 3.06. The lowest BCUT2D eigenvalue weighted by Crippen LogP contribution is -2.47. The predicted molar refractivity (Wildman–Crippen MR) is 117 cm³/mol. The number of hydrogen-bond acceptors (Lipinski definition) is 4. The third-order valence-electron chi connectivity index (χ3n) is 8.18. The Morgan fingerprint density at radius 1 is 1.22 bits per heavy atom. The quantitative estimate of drug-likeness (QED) is 0.385. The highest BCUT2D eigenvalue weighted by molar-refractivity contribution is 8.76. The first-order valence-corrected chi connectivity index (χ1v) is 13.0. The summed E-state index contributed by atoms with van der Waals surface area (Å²) in [5, 5.41) is 0. The van der Waals surface area contributed by atoms with Crippen molar-refractivity contribution < 1.29 is 4.79 Å². The molecule has 4 nitrogen and oxygen atoms in total. The molecule has 4 rings (SSSR count). The fraction of sp³-hybridized carbons (Fsp3) is 0.810. The van der Waals surface area contributed by atoms with Gasteiger partial charge in [-0.1, -0.05) is 41.0 Å². The van der Waals surface area contributed by atoms with Crippen LogP contribution in [0.1, 0.15) is 65.2 Å². The molecule has 5 atom stereocenters. The van der Waals surface area contributed by atoms with E-state index in [9.17, 15) is 4.79 Å². The van der Waals surface area contributed by atoms with Crippen LogP contribution in [0.4, 0.5) is 0 Å². The summed E-state index contributed by atoms with van der Waals surface area (Å²) in [6.45, 7) is 4.94. The van der Waals surface area contributed by atoms with Gasteiger partial charge in [0, 0.05) is 23.3 Å². The van der Waals surface area contributed by atoms with Gasteiger partial charge in [-0.15, -0.1) is 0 Å². The summed E-state index contributed by atoms with van der Waals surface area (Å²) in [6.07, 6.45) is 8.68. The van der Waals surface area contributed by atoms with Gasteiger partial charge in [0.2, 0.25) is 0 Å². The fourth-order valence-corrected chi connectivity index (χ4v) is 9.30. The number of nitrogens with zero attached hydrogens (tertiary/aromatic N) is 1. The highest BCUT2D eigenvalue weighted by atomic mass is 33.1. The van der Waals surface area contributed by atoms with Gasteiger partial charge in [-0.05, 0) is 67.8 Å². The van der Waals surface area contributed by atoms with Crippen molar-refractivity contribution in [2.45, 2.75) is 71.3 Å². The molecule has 0 aromatic carbocycles. The molecule has 0 unspecified atom stereocenters. The topological polar surface area (TPSA) is 81.5 Å². The zero-order valence-electron chi connectivity index (χ0n) is 16.6. The van der Waals surface area contributed by atoms with Crippen LogP contribution in [0.5, 0.6) is 0 Å². The van der Waals surface area contributed by atoms with Crippen LogP contribution >= 0.6 is 21.6 Å². The number of carbonyl (C=O) groups excluding carboxylic acids is 1. The van der Waals surface area contributed by atoms with E-state index in [4.69, 9.17) is 11.5 Å². The number of Topliss-reactive ketones (excluding diaryl/α,β-unsaturated/α-hetero) is 1. The van der Waals surface area contributed by atoms with Gasteiger partial charge < -0.3 is 11.5 Å². The Hall–Kier alpha value is -0.620. The number of guanidine groups is 1. The Kier molecular flexibility index (Phi) is 5.34. The summed E-state index contributed by atoms with van der Waals surface area (Å²) < 4.78 is 0. The van der Waals surface area contributed by atoms with Crippen LogP contribution in [0.15, 0.2) is 16.1 Å². The Morgan fingerprint density at radius 2 is 2.04 bits per heavy atom. The van der Waals surface area contributed by atoms with Crippen molar-refractivity contribution in [3.63, 3.8) is 0 Å². The second-order valence-electron chi connectivity index (χ2n) is 9.28. The third-order valence-corrected chi connectivity index (χ3v) is 10.6. The van der Waals surface area contributed by atoms with Crippen LogP contribution in [0.25, 0.3) is 0 Å². The molecular formula is C21H33N3OS2. The first kappa shape index (κ1) is 19.7. The standard InChI is InChI=1S/C21H33N3OS2/c1-13-6-7-14-10-17-16-5-3-4-15(24-19(22)23)12-27-26-9-8-20(14,2)21(13,17)11-18(16)25/h13-15H,3-12H2,1-2H3,(H4,22,23,24)/t13-,14-,15+,20+,21+/m1/s1. The molecule has 0 radical (unpaired) electrons. The van der Waals surface area contributed by atoms with Gasteiger partial charge in [-0.3, -0.25) is 4.79 Å². The lowest BCUT2D eigenvalue weighted by atomic mass is 9.51. The molecule has 5 bridgehead atoms. The van der Waals surface area contributed by atoms with Crippen molar-refractivity contribution in [2.75, 3.05) is 11.5 Å². The average molecular weight is 408 g/mol. The number of nitrogens with two attached hydrogens (primary N) is 2. The number of aliphatic imine (C=N–C) groups is 1. The summed E-state index contributed by atoms with van der Waals surface area (Å²) in [5.41, 5.74) is 14.5. The molecule has 3 aliphatic carbocycles. The minimum atomic E-state index is 0.154. The van der Waals surface area contributed by atoms with E-state index in [1.165, 1.54) is 31.3 Å². The number of carbonyl (C=O) groups is 1. The molecule has 1 spiro atoms. The van der Waals surface area contributed by atoms with Crippen molar-refractivity contribution in [3.8, 4) is 0 Å². The molecule has 0 aromatic rings. The zero-order chi connectivity index (χ0) is 19.2. The molecule has 2 saturated carbocycles. The summed E-state index contributed by atoms with van der Waals surface area (Å²) in [6, 6.07) is 0.162. The van der Waals surface area contributed by atoms with Crippen LogP contribution in [-0.2, 0) is 4.79 Å². The number of allylic oxidation sites excluding steroid dienone is 2. The largest absolute Gasteiger partial charge is 0.370 e. The predicted octanol–water partition coefficient (Wildman–Crippen LogP) is 4.30. The summed E-state index contributed by atoms with van der Waals surface area (Å²) >= 11 is 0. The molecule has 4 aliphatic rings. The van der Waals surface area contributed by atoms with Crippen LogP contribution in [0.2, 0.25) is 0 Å². The maximum atomic E-state index is 13.1. The molecule has 6 heteroatoms. The van der Waals surface area contributed by atoms with Gasteiger partial charge in [0.15, 0.2) is 11.7 Å². The van der Waals surface area contributed by atoms with E-state index in [-0.39, 0.29) is 22.8 Å². The molecule has 0 aromatic heterocycles. The second-order valence-corrected chi connectivity index (χ2v) is 11.9. The Morgan fingerprint density at radius 3 is 2.81 bits per heavy atom. The fourth-order valence-electron chi connectivity index (χ4n) is 6.81. The Balaban J connectivity index is 1.68. The highest BCUT2D eigenvalue weighted by Gasteiger charge is 2.67. The van der Waals surface area contributed by atoms with E-state index in [1.54, 1.807) is 5.57 Å². The van der Waals surface area contributed by atoms with Crippen molar-refractivity contribution in [2.24, 2.45) is 39.1 Å². The molecule has 2 fully saturated rings. The molecule has 0 amide bonds. The van der Waals surface area contributed by atoms with Crippen LogP contribution in [-0.4, -0.2) is 29.3 Å². The van der Waals surface area contributed by atoms with Crippen molar-refractivity contribution >= 4 is 33.3 Å². The minimum absolute atomic E-state index is 0.154. The van der Waals surface area contributed by atoms with Gasteiger partial charge in [-0.2, -0.15) is 0 Å². The van der Waals surface area contributed by atoms with Crippen molar-refractivity contribution in [3.05, 3.63) is 11.1 Å². The first-order valence-electron chi connectivity index (χ1n) is 10.5. The van der Waals surface area contributed by atoms with E-state index in [0.29, 0.717) is 11.7 Å². The summed E-state index contributed by atoms with van der Waals surface area (Å²) in [5.74, 6) is 4.13. The number of ketones is 1. The zero-order valence-corrected chi connectivity index (χ0v) is 18.3. The Bertz CT molecular complexity index is 687. The molecule has 1 heterocycles. The first-order chi connectivity index (χ1) is 12.9. The number of rotatable bonds is 1. The van der Waals surface area contributed by atoms with E-state index in [1.807, 2.05) is 21.6 Å². The molecule has 27 heavy (non-hydrogen) atoms. The normalized spacial score (nSPS) is 42.3. The average Bonchev–Trinajstić information content (AvgIpc) is 2.94. The smallest absolute Gasteiger partial charge is 0.186 e. The van der Waals surface area contributed by atoms with Gasteiger partial charge >= 0.3 is 0 Å². The number of hydrogen-bond donors (Lipinski definition) is 2. The molecule has 150 valence electrons. The van der Waals surface area contributed by atoms with Crippen molar-refractivity contribution in [1.29, 1.82) is 0 Å². The van der Waals surface area contributed by atoms with E-state index >= 15 is 0 Å². The second kappa shape index (κ2) is 7.33. The highest BCUT2D eigenvalue weighted by Crippen LogP contribution is 2.73. The van der Waals surface area contributed by atoms with Gasteiger partial charge in [0.25, 0.3) is 0 Å². The molecule has 1 aliphatic heterocycles. The summed E-state index contributed by atoms with van der Waals surface area (Å²) in [4.78, 5) is 17.6. The maximum absolute atomic E-state index is 13.1. The van der Waals surface area contributed by atoms with Crippen LogP contribution in [0, 0.1) is 22.7 Å².